The number of aryl methyl sites for hydroxylation is 1. The van der Waals surface area contributed by atoms with Crippen LogP contribution in [0.3, 0.4) is 0 Å². The van der Waals surface area contributed by atoms with Crippen molar-refractivity contribution in [3.8, 4) is 11.1 Å². The quantitative estimate of drug-likeness (QED) is 0.936. The molecule has 1 unspecified atom stereocenters. The van der Waals surface area contributed by atoms with E-state index in [1.54, 1.807) is 17.0 Å². The molecule has 0 saturated carbocycles. The maximum absolute atomic E-state index is 12.1. The normalized spacial score (nSPS) is 17.6. The second-order valence-corrected chi connectivity index (χ2v) is 6.09. The van der Waals surface area contributed by atoms with Gasteiger partial charge in [-0.15, -0.1) is 0 Å². The van der Waals surface area contributed by atoms with Crippen molar-refractivity contribution in [2.24, 2.45) is 0 Å². The molecule has 4 heteroatoms. The summed E-state index contributed by atoms with van der Waals surface area (Å²) in [5.74, 6) is -0.936. The first kappa shape index (κ1) is 15.3. The van der Waals surface area contributed by atoms with E-state index in [0.29, 0.717) is 12.1 Å². The number of rotatable bonds is 3. The molecule has 2 aromatic carbocycles. The van der Waals surface area contributed by atoms with Crippen LogP contribution < -0.4 is 4.90 Å². The van der Waals surface area contributed by atoms with E-state index in [1.807, 2.05) is 44.2 Å². The molecule has 23 heavy (non-hydrogen) atoms. The highest BCUT2D eigenvalue weighted by Gasteiger charge is 2.29. The summed E-state index contributed by atoms with van der Waals surface area (Å²) in [6.45, 7) is 4.00. The molecule has 2 aromatic rings. The molecule has 1 saturated heterocycles. The first-order chi connectivity index (χ1) is 11.0. The molecule has 1 N–H and O–H groups in total. The van der Waals surface area contributed by atoms with E-state index in [4.69, 9.17) is 0 Å². The summed E-state index contributed by atoms with van der Waals surface area (Å²) < 4.78 is 0. The van der Waals surface area contributed by atoms with Gasteiger partial charge in [0.1, 0.15) is 0 Å². The summed E-state index contributed by atoms with van der Waals surface area (Å²) in [7, 11) is 0. The van der Waals surface area contributed by atoms with Gasteiger partial charge in [0.15, 0.2) is 0 Å². The van der Waals surface area contributed by atoms with Crippen molar-refractivity contribution in [2.75, 3.05) is 4.90 Å². The van der Waals surface area contributed by atoms with Crippen LogP contribution in [0, 0.1) is 6.92 Å². The predicted molar refractivity (Wildman–Crippen MR) is 89.8 cm³/mol. The fraction of sp³-hybridized carbons (Fsp3) is 0.263. The van der Waals surface area contributed by atoms with Gasteiger partial charge in [0.25, 0.3) is 0 Å². The highest BCUT2D eigenvalue weighted by molar-refractivity contribution is 5.99. The topological polar surface area (TPSA) is 57.6 Å². The Morgan fingerprint density at radius 2 is 1.83 bits per heavy atom. The molecule has 0 bridgehead atoms. The van der Waals surface area contributed by atoms with Crippen LogP contribution in [-0.2, 0) is 4.79 Å². The van der Waals surface area contributed by atoms with E-state index in [0.717, 1.165) is 23.1 Å². The van der Waals surface area contributed by atoms with Crippen molar-refractivity contribution in [1.29, 1.82) is 0 Å². The van der Waals surface area contributed by atoms with E-state index < -0.39 is 5.97 Å². The Balaban J connectivity index is 2.11. The molecule has 0 spiro atoms. The first-order valence-corrected chi connectivity index (χ1v) is 7.73. The van der Waals surface area contributed by atoms with Gasteiger partial charge in [0.2, 0.25) is 5.91 Å². The van der Waals surface area contributed by atoms with E-state index >= 15 is 0 Å². The number of carbonyl (C=O) groups is 2. The van der Waals surface area contributed by atoms with E-state index in [1.165, 1.54) is 0 Å². The minimum absolute atomic E-state index is 0.0508. The number of nitrogens with zero attached hydrogens (tertiary/aromatic N) is 1. The highest BCUT2D eigenvalue weighted by Crippen LogP contribution is 2.32. The summed E-state index contributed by atoms with van der Waals surface area (Å²) in [6.07, 6.45) is 1.31. The van der Waals surface area contributed by atoms with Crippen LogP contribution in [0.2, 0.25) is 0 Å². The van der Waals surface area contributed by atoms with Gasteiger partial charge < -0.3 is 10.0 Å². The molecule has 0 aliphatic carbocycles. The maximum Gasteiger partial charge on any atom is 0.335 e. The molecule has 1 atom stereocenters. The van der Waals surface area contributed by atoms with Crippen molar-refractivity contribution in [3.63, 3.8) is 0 Å². The largest absolute Gasteiger partial charge is 0.478 e. The van der Waals surface area contributed by atoms with Gasteiger partial charge in [-0.1, -0.05) is 29.8 Å². The standard InChI is InChI=1S/C19H19NO3/c1-12-3-6-14(7-4-12)15-9-16(19(22)23)11-17(10-15)20-13(2)5-8-18(20)21/h3-4,6-7,9-11,13H,5,8H2,1-2H3,(H,22,23). The lowest BCUT2D eigenvalue weighted by Gasteiger charge is -2.23. The van der Waals surface area contributed by atoms with Gasteiger partial charge in [0, 0.05) is 18.2 Å². The third-order valence-electron chi connectivity index (χ3n) is 4.31. The molecule has 1 amide bonds. The summed E-state index contributed by atoms with van der Waals surface area (Å²) in [4.78, 5) is 25.3. The molecular formula is C19H19NO3. The zero-order valence-corrected chi connectivity index (χ0v) is 13.2. The van der Waals surface area contributed by atoms with Gasteiger partial charge in [-0.05, 0) is 49.6 Å². The van der Waals surface area contributed by atoms with Crippen molar-refractivity contribution < 1.29 is 14.7 Å². The number of carboxylic acids is 1. The van der Waals surface area contributed by atoms with E-state index in [-0.39, 0.29) is 17.5 Å². The third kappa shape index (κ3) is 2.97. The fourth-order valence-corrected chi connectivity index (χ4v) is 3.01. The summed E-state index contributed by atoms with van der Waals surface area (Å²) in [6, 6.07) is 13.2. The summed E-state index contributed by atoms with van der Waals surface area (Å²) >= 11 is 0. The molecule has 118 valence electrons. The maximum atomic E-state index is 12.1. The van der Waals surface area contributed by atoms with Gasteiger partial charge >= 0.3 is 5.97 Å². The predicted octanol–water partition coefficient (Wildman–Crippen LogP) is 3.88. The second kappa shape index (κ2) is 5.88. The zero-order chi connectivity index (χ0) is 16.6. The Bertz CT molecular complexity index is 765. The zero-order valence-electron chi connectivity index (χ0n) is 13.2. The van der Waals surface area contributed by atoms with Crippen LogP contribution >= 0.6 is 0 Å². The molecule has 1 heterocycles. The average Bonchev–Trinajstić information content (AvgIpc) is 2.86. The number of carbonyl (C=O) groups excluding carboxylic acids is 1. The van der Waals surface area contributed by atoms with Gasteiger partial charge in [0.05, 0.1) is 5.56 Å². The summed E-state index contributed by atoms with van der Waals surface area (Å²) in [5.41, 5.74) is 3.76. The lowest BCUT2D eigenvalue weighted by Crippen LogP contribution is -2.30. The smallest absolute Gasteiger partial charge is 0.335 e. The molecule has 1 aliphatic rings. The number of amides is 1. The minimum Gasteiger partial charge on any atom is -0.478 e. The number of aromatic carboxylic acids is 1. The summed E-state index contributed by atoms with van der Waals surface area (Å²) in [5, 5.41) is 9.40. The van der Waals surface area contributed by atoms with Crippen LogP contribution in [0.4, 0.5) is 5.69 Å². The van der Waals surface area contributed by atoms with E-state index in [9.17, 15) is 14.7 Å². The van der Waals surface area contributed by atoms with Crippen molar-refractivity contribution in [1.82, 2.24) is 0 Å². The van der Waals surface area contributed by atoms with Crippen LogP contribution in [-0.4, -0.2) is 23.0 Å². The Hall–Kier alpha value is -2.62. The third-order valence-corrected chi connectivity index (χ3v) is 4.31. The fourth-order valence-electron chi connectivity index (χ4n) is 3.01. The van der Waals surface area contributed by atoms with Gasteiger partial charge in [-0.2, -0.15) is 0 Å². The van der Waals surface area contributed by atoms with Crippen LogP contribution in [0.25, 0.3) is 11.1 Å². The van der Waals surface area contributed by atoms with Crippen LogP contribution in [0.5, 0.6) is 0 Å². The number of benzene rings is 2. The SMILES string of the molecule is Cc1ccc(-c2cc(C(=O)O)cc(N3C(=O)CCC3C)c2)cc1. The Kier molecular flexibility index (Phi) is 3.90. The van der Waals surface area contributed by atoms with Crippen molar-refractivity contribution in [2.45, 2.75) is 32.7 Å². The number of hydrogen-bond acceptors (Lipinski definition) is 2. The minimum atomic E-state index is -0.987. The number of anilines is 1. The first-order valence-electron chi connectivity index (χ1n) is 7.73. The monoisotopic (exact) mass is 309 g/mol. The van der Waals surface area contributed by atoms with Crippen molar-refractivity contribution >= 4 is 17.6 Å². The Labute approximate surface area is 135 Å². The molecule has 3 rings (SSSR count). The van der Waals surface area contributed by atoms with Crippen LogP contribution in [0.15, 0.2) is 42.5 Å². The number of carboxylic acid groups (broad SMARTS) is 1. The average molecular weight is 309 g/mol. The van der Waals surface area contributed by atoms with Crippen molar-refractivity contribution in [3.05, 3.63) is 53.6 Å². The van der Waals surface area contributed by atoms with Gasteiger partial charge in [-0.3, -0.25) is 4.79 Å². The molecule has 0 aromatic heterocycles. The van der Waals surface area contributed by atoms with Crippen LogP contribution in [0.1, 0.15) is 35.7 Å². The molecular weight excluding hydrogens is 290 g/mol. The molecule has 1 fully saturated rings. The second-order valence-electron chi connectivity index (χ2n) is 6.09. The molecule has 1 aliphatic heterocycles. The number of hydrogen-bond donors (Lipinski definition) is 1. The Morgan fingerprint density at radius 1 is 1.13 bits per heavy atom. The lowest BCUT2D eigenvalue weighted by atomic mass is 10.0. The van der Waals surface area contributed by atoms with E-state index in [2.05, 4.69) is 0 Å². The lowest BCUT2D eigenvalue weighted by molar-refractivity contribution is -0.117. The van der Waals surface area contributed by atoms with Gasteiger partial charge in [-0.25, -0.2) is 4.79 Å². The molecule has 4 nitrogen and oxygen atoms in total. The molecule has 0 radical (unpaired) electrons. The Morgan fingerprint density at radius 3 is 2.39 bits per heavy atom. The highest BCUT2D eigenvalue weighted by atomic mass is 16.4.